The third-order valence-corrected chi connectivity index (χ3v) is 6.07. The summed E-state index contributed by atoms with van der Waals surface area (Å²) in [4.78, 5) is 24.5. The molecule has 0 atom stereocenters. The average molecular weight is 491 g/mol. The predicted molar refractivity (Wildman–Crippen MR) is 136 cm³/mol. The third kappa shape index (κ3) is 5.48. The summed E-state index contributed by atoms with van der Waals surface area (Å²) in [7, 11) is 0. The molecule has 1 amide bonds. The SMILES string of the molecule is CC(=O)c1ccc(NC(=O)c2sc(Nc3ccccc3)c(N=Nc3ccc(Cl)cc3)c2O)cc1. The Bertz CT molecular complexity index is 1350. The van der Waals surface area contributed by atoms with Crippen molar-refractivity contribution in [3.63, 3.8) is 0 Å². The zero-order valence-corrected chi connectivity index (χ0v) is 19.5. The smallest absolute Gasteiger partial charge is 0.269 e. The van der Waals surface area contributed by atoms with Crippen LogP contribution < -0.4 is 10.6 Å². The fourth-order valence-electron chi connectivity index (χ4n) is 2.99. The van der Waals surface area contributed by atoms with Crippen molar-refractivity contribution in [1.82, 2.24) is 0 Å². The van der Waals surface area contributed by atoms with E-state index in [0.29, 0.717) is 27.0 Å². The fraction of sp³-hybridized carbons (Fsp3) is 0.0400. The normalized spacial score (nSPS) is 10.9. The lowest BCUT2D eigenvalue weighted by molar-refractivity contribution is 0.101. The third-order valence-electron chi connectivity index (χ3n) is 4.74. The summed E-state index contributed by atoms with van der Waals surface area (Å²) < 4.78 is 0. The van der Waals surface area contributed by atoms with Gasteiger partial charge >= 0.3 is 0 Å². The monoisotopic (exact) mass is 490 g/mol. The van der Waals surface area contributed by atoms with E-state index in [4.69, 9.17) is 11.6 Å². The minimum atomic E-state index is -0.512. The average Bonchev–Trinajstić information content (AvgIpc) is 3.14. The molecule has 4 aromatic rings. The number of hydrogen-bond donors (Lipinski definition) is 3. The van der Waals surface area contributed by atoms with Crippen LogP contribution in [-0.2, 0) is 0 Å². The van der Waals surface area contributed by atoms with Crippen LogP contribution in [-0.4, -0.2) is 16.8 Å². The molecule has 7 nitrogen and oxygen atoms in total. The largest absolute Gasteiger partial charge is 0.504 e. The van der Waals surface area contributed by atoms with E-state index in [2.05, 4.69) is 20.9 Å². The van der Waals surface area contributed by atoms with Crippen molar-refractivity contribution in [3.8, 4) is 5.75 Å². The summed E-state index contributed by atoms with van der Waals surface area (Å²) in [5.74, 6) is -0.873. The van der Waals surface area contributed by atoms with Crippen molar-refractivity contribution >= 4 is 62.4 Å². The van der Waals surface area contributed by atoms with Crippen LogP contribution in [0.2, 0.25) is 5.02 Å². The molecule has 3 aromatic carbocycles. The number of ketones is 1. The fourth-order valence-corrected chi connectivity index (χ4v) is 4.06. The maximum absolute atomic E-state index is 12.9. The molecule has 4 rings (SSSR count). The Morgan fingerprint density at radius 1 is 0.882 bits per heavy atom. The first-order valence-electron chi connectivity index (χ1n) is 10.2. The van der Waals surface area contributed by atoms with Crippen molar-refractivity contribution in [2.45, 2.75) is 6.92 Å². The van der Waals surface area contributed by atoms with Crippen molar-refractivity contribution in [2.24, 2.45) is 10.2 Å². The zero-order valence-electron chi connectivity index (χ0n) is 17.9. The van der Waals surface area contributed by atoms with Gasteiger partial charge in [-0.1, -0.05) is 29.8 Å². The Kier molecular flexibility index (Phi) is 7.01. The molecular formula is C25H19ClN4O3S. The van der Waals surface area contributed by atoms with Gasteiger partial charge in [0.1, 0.15) is 9.88 Å². The molecule has 0 saturated heterocycles. The lowest BCUT2D eigenvalue weighted by atomic mass is 10.1. The van der Waals surface area contributed by atoms with E-state index in [-0.39, 0.29) is 22.1 Å². The second-order valence-corrected chi connectivity index (χ2v) is 8.67. The number of aromatic hydroxyl groups is 1. The van der Waals surface area contributed by atoms with Crippen LogP contribution in [0, 0.1) is 0 Å². The van der Waals surface area contributed by atoms with Gasteiger partial charge in [0.2, 0.25) is 0 Å². The van der Waals surface area contributed by atoms with E-state index >= 15 is 0 Å². The number of hydrogen-bond acceptors (Lipinski definition) is 7. The van der Waals surface area contributed by atoms with Gasteiger partial charge < -0.3 is 15.7 Å². The molecule has 0 fully saturated rings. The number of carbonyl (C=O) groups is 2. The number of anilines is 3. The Hall–Kier alpha value is -4.01. The number of azo groups is 1. The van der Waals surface area contributed by atoms with Gasteiger partial charge in [-0.05, 0) is 67.6 Å². The highest BCUT2D eigenvalue weighted by Gasteiger charge is 2.23. The van der Waals surface area contributed by atoms with E-state index < -0.39 is 5.91 Å². The van der Waals surface area contributed by atoms with E-state index in [1.165, 1.54) is 6.92 Å². The summed E-state index contributed by atoms with van der Waals surface area (Å²) >= 11 is 6.97. The van der Waals surface area contributed by atoms with Crippen molar-refractivity contribution < 1.29 is 14.7 Å². The van der Waals surface area contributed by atoms with E-state index in [0.717, 1.165) is 17.0 Å². The van der Waals surface area contributed by atoms with Crippen molar-refractivity contribution in [2.75, 3.05) is 10.6 Å². The molecule has 170 valence electrons. The second-order valence-electron chi connectivity index (χ2n) is 7.21. The highest BCUT2D eigenvalue weighted by Crippen LogP contribution is 2.47. The number of thiophene rings is 1. The quantitative estimate of drug-likeness (QED) is 0.182. The van der Waals surface area contributed by atoms with E-state index in [1.807, 2.05) is 30.3 Å². The molecule has 1 aromatic heterocycles. The molecule has 0 unspecified atom stereocenters. The number of halogens is 1. The molecule has 3 N–H and O–H groups in total. The van der Waals surface area contributed by atoms with Crippen LogP contribution in [0.1, 0.15) is 27.0 Å². The first-order valence-corrected chi connectivity index (χ1v) is 11.4. The van der Waals surface area contributed by atoms with Crippen LogP contribution >= 0.6 is 22.9 Å². The van der Waals surface area contributed by atoms with Crippen LogP contribution in [0.3, 0.4) is 0 Å². The molecule has 0 saturated carbocycles. The van der Waals surface area contributed by atoms with E-state index in [1.54, 1.807) is 48.5 Å². The molecule has 0 bridgehead atoms. The van der Waals surface area contributed by atoms with Gasteiger partial charge in [-0.3, -0.25) is 9.59 Å². The molecule has 0 aliphatic carbocycles. The molecule has 0 spiro atoms. The van der Waals surface area contributed by atoms with Crippen LogP contribution in [0.15, 0.2) is 89.1 Å². The van der Waals surface area contributed by atoms with Crippen molar-refractivity contribution in [3.05, 3.63) is 94.3 Å². The maximum Gasteiger partial charge on any atom is 0.269 e. The summed E-state index contributed by atoms with van der Waals surface area (Å²) in [6, 6.07) is 22.6. The second kappa shape index (κ2) is 10.3. The van der Waals surface area contributed by atoms with Gasteiger partial charge in [0.25, 0.3) is 5.91 Å². The zero-order chi connectivity index (χ0) is 24.1. The number of carbonyl (C=O) groups excluding carboxylic acids is 2. The van der Waals surface area contributed by atoms with Gasteiger partial charge in [-0.2, -0.15) is 5.11 Å². The summed E-state index contributed by atoms with van der Waals surface area (Å²) in [6.07, 6.45) is 0. The first kappa shape index (κ1) is 23.2. The first-order chi connectivity index (χ1) is 16.4. The summed E-state index contributed by atoms with van der Waals surface area (Å²) in [5.41, 5.74) is 2.47. The molecule has 0 aliphatic heterocycles. The number of nitrogens with zero attached hydrogens (tertiary/aromatic N) is 2. The maximum atomic E-state index is 12.9. The Morgan fingerprint density at radius 2 is 1.56 bits per heavy atom. The Morgan fingerprint density at radius 3 is 2.21 bits per heavy atom. The minimum absolute atomic E-state index is 0.0684. The lowest BCUT2D eigenvalue weighted by Crippen LogP contribution is -2.10. The van der Waals surface area contributed by atoms with Crippen LogP contribution in [0.25, 0.3) is 0 Å². The number of nitrogens with one attached hydrogen (secondary N) is 2. The summed E-state index contributed by atoms with van der Waals surface area (Å²) in [6.45, 7) is 1.47. The molecule has 34 heavy (non-hydrogen) atoms. The highest BCUT2D eigenvalue weighted by atomic mass is 35.5. The minimum Gasteiger partial charge on any atom is -0.504 e. The van der Waals surface area contributed by atoms with Gasteiger partial charge in [0.15, 0.2) is 17.2 Å². The van der Waals surface area contributed by atoms with Gasteiger partial charge in [0.05, 0.1) is 5.69 Å². The summed E-state index contributed by atoms with van der Waals surface area (Å²) in [5, 5.41) is 26.2. The molecule has 0 radical (unpaired) electrons. The molecular weight excluding hydrogens is 472 g/mol. The number of para-hydroxylation sites is 1. The standard InChI is InChI=1S/C25H19ClN4O3S/c1-15(31)16-7-11-19(12-8-16)27-24(33)23-22(32)21(30-29-20-13-9-17(26)10-14-20)25(34-23)28-18-5-3-2-4-6-18/h2-14,28,32H,1H3,(H,27,33). The van der Waals surface area contributed by atoms with E-state index in [9.17, 15) is 14.7 Å². The predicted octanol–water partition coefficient (Wildman–Crippen LogP) is 7.72. The number of rotatable bonds is 7. The number of amides is 1. The van der Waals surface area contributed by atoms with Crippen molar-refractivity contribution in [1.29, 1.82) is 0 Å². The van der Waals surface area contributed by atoms with Gasteiger partial charge in [0, 0.05) is 22.0 Å². The van der Waals surface area contributed by atoms with Crippen LogP contribution in [0.5, 0.6) is 5.75 Å². The molecule has 9 heteroatoms. The van der Waals surface area contributed by atoms with Gasteiger partial charge in [-0.15, -0.1) is 16.5 Å². The highest BCUT2D eigenvalue weighted by molar-refractivity contribution is 7.19. The Labute approximate surface area is 204 Å². The topological polar surface area (TPSA) is 103 Å². The molecule has 0 aliphatic rings. The Balaban J connectivity index is 1.65. The van der Waals surface area contributed by atoms with Gasteiger partial charge in [-0.25, -0.2) is 0 Å². The number of benzene rings is 3. The van der Waals surface area contributed by atoms with Crippen LogP contribution in [0.4, 0.5) is 27.8 Å². The molecule has 1 heterocycles. The number of Topliss-reactive ketones (excluding diaryl/α,β-unsaturated/α-hetero) is 1. The lowest BCUT2D eigenvalue weighted by Gasteiger charge is -2.04.